The van der Waals surface area contributed by atoms with Gasteiger partial charge in [-0.05, 0) is 41.7 Å². The predicted molar refractivity (Wildman–Crippen MR) is 100 cm³/mol. The summed E-state index contributed by atoms with van der Waals surface area (Å²) in [7, 11) is -3.71. The first-order valence-electron chi connectivity index (χ1n) is 8.85. The Morgan fingerprint density at radius 2 is 1.81 bits per heavy atom. The molecule has 1 saturated carbocycles. The molecular formula is C19H22N2O5S. The molecule has 8 heteroatoms. The number of ether oxygens (including phenoxy) is 1. The van der Waals surface area contributed by atoms with Gasteiger partial charge < -0.3 is 10.1 Å². The van der Waals surface area contributed by atoms with Crippen LogP contribution in [0.2, 0.25) is 0 Å². The van der Waals surface area contributed by atoms with Crippen LogP contribution in [0.25, 0.3) is 10.8 Å². The van der Waals surface area contributed by atoms with E-state index in [2.05, 4.69) is 10.0 Å². The molecule has 0 heterocycles. The molecule has 0 unspecified atom stereocenters. The number of benzene rings is 2. The van der Waals surface area contributed by atoms with E-state index in [4.69, 9.17) is 4.74 Å². The molecule has 1 amide bonds. The zero-order valence-electron chi connectivity index (χ0n) is 14.8. The summed E-state index contributed by atoms with van der Waals surface area (Å²) in [4.78, 5) is 23.3. The molecule has 0 spiro atoms. The molecule has 144 valence electrons. The Hall–Kier alpha value is -2.45. The molecule has 1 aliphatic rings. The number of hydrogen-bond acceptors (Lipinski definition) is 5. The Morgan fingerprint density at radius 1 is 1.07 bits per heavy atom. The lowest BCUT2D eigenvalue weighted by molar-refractivity contribution is -0.144. The molecule has 1 fully saturated rings. The second-order valence-electron chi connectivity index (χ2n) is 6.56. The van der Waals surface area contributed by atoms with Crippen molar-refractivity contribution in [2.45, 2.75) is 24.2 Å². The van der Waals surface area contributed by atoms with E-state index < -0.39 is 21.9 Å². The Morgan fingerprint density at radius 3 is 2.56 bits per heavy atom. The SMILES string of the molecule is O=C(CCNS(=O)(=O)c1ccc2ccccc2c1)NCC(=O)OCC1CC1. The van der Waals surface area contributed by atoms with E-state index in [9.17, 15) is 18.0 Å². The molecule has 7 nitrogen and oxygen atoms in total. The summed E-state index contributed by atoms with van der Waals surface area (Å²) < 4.78 is 32.1. The average molecular weight is 390 g/mol. The van der Waals surface area contributed by atoms with E-state index in [0.717, 1.165) is 23.6 Å². The first-order chi connectivity index (χ1) is 12.9. The van der Waals surface area contributed by atoms with Gasteiger partial charge in [0.2, 0.25) is 15.9 Å². The van der Waals surface area contributed by atoms with Crippen molar-refractivity contribution in [1.82, 2.24) is 10.0 Å². The third-order valence-electron chi connectivity index (χ3n) is 4.28. The number of amides is 1. The van der Waals surface area contributed by atoms with Gasteiger partial charge in [-0.1, -0.05) is 30.3 Å². The largest absolute Gasteiger partial charge is 0.464 e. The molecular weight excluding hydrogens is 368 g/mol. The number of rotatable bonds is 9. The lowest BCUT2D eigenvalue weighted by Crippen LogP contribution is -2.34. The van der Waals surface area contributed by atoms with Crippen molar-refractivity contribution in [3.8, 4) is 0 Å². The zero-order valence-corrected chi connectivity index (χ0v) is 15.6. The highest BCUT2D eigenvalue weighted by Gasteiger charge is 2.23. The Bertz CT molecular complexity index is 938. The summed E-state index contributed by atoms with van der Waals surface area (Å²) in [5.41, 5.74) is 0. The van der Waals surface area contributed by atoms with E-state index in [1.54, 1.807) is 12.1 Å². The second kappa shape index (κ2) is 8.49. The highest BCUT2D eigenvalue weighted by Crippen LogP contribution is 2.28. The molecule has 2 aromatic carbocycles. The average Bonchev–Trinajstić information content (AvgIpc) is 3.48. The number of esters is 1. The van der Waals surface area contributed by atoms with Crippen molar-refractivity contribution in [3.63, 3.8) is 0 Å². The van der Waals surface area contributed by atoms with Gasteiger partial charge in [-0.3, -0.25) is 9.59 Å². The van der Waals surface area contributed by atoms with Gasteiger partial charge in [0.1, 0.15) is 6.54 Å². The van der Waals surface area contributed by atoms with Gasteiger partial charge in [0, 0.05) is 13.0 Å². The summed E-state index contributed by atoms with van der Waals surface area (Å²) in [6, 6.07) is 12.3. The van der Waals surface area contributed by atoms with Crippen LogP contribution in [0.3, 0.4) is 0 Å². The lowest BCUT2D eigenvalue weighted by atomic mass is 10.1. The number of hydrogen-bond donors (Lipinski definition) is 2. The quantitative estimate of drug-likeness (QED) is 0.633. The predicted octanol–water partition coefficient (Wildman–Crippen LogP) is 1.58. The third kappa shape index (κ3) is 5.77. The van der Waals surface area contributed by atoms with Gasteiger partial charge in [-0.2, -0.15) is 0 Å². The van der Waals surface area contributed by atoms with Gasteiger partial charge in [-0.25, -0.2) is 13.1 Å². The number of nitrogens with one attached hydrogen (secondary N) is 2. The maximum Gasteiger partial charge on any atom is 0.325 e. The molecule has 0 saturated heterocycles. The van der Waals surface area contributed by atoms with E-state index in [0.29, 0.717) is 12.5 Å². The lowest BCUT2D eigenvalue weighted by Gasteiger charge is -2.08. The maximum atomic E-state index is 12.4. The molecule has 2 N–H and O–H groups in total. The highest BCUT2D eigenvalue weighted by molar-refractivity contribution is 7.89. The van der Waals surface area contributed by atoms with Crippen LogP contribution in [0.15, 0.2) is 47.4 Å². The second-order valence-corrected chi connectivity index (χ2v) is 8.33. The summed E-state index contributed by atoms with van der Waals surface area (Å²) in [6.45, 7) is 0.140. The van der Waals surface area contributed by atoms with Crippen LogP contribution >= 0.6 is 0 Å². The summed E-state index contributed by atoms with van der Waals surface area (Å²) in [5.74, 6) is -0.430. The van der Waals surface area contributed by atoms with Crippen LogP contribution in [0.5, 0.6) is 0 Å². The minimum atomic E-state index is -3.71. The molecule has 27 heavy (non-hydrogen) atoms. The minimum Gasteiger partial charge on any atom is -0.464 e. The molecule has 0 aromatic heterocycles. The molecule has 0 bridgehead atoms. The fourth-order valence-corrected chi connectivity index (χ4v) is 3.59. The van der Waals surface area contributed by atoms with Gasteiger partial charge >= 0.3 is 5.97 Å². The highest BCUT2D eigenvalue weighted by atomic mass is 32.2. The van der Waals surface area contributed by atoms with Crippen molar-refractivity contribution < 1.29 is 22.7 Å². The van der Waals surface area contributed by atoms with E-state index >= 15 is 0 Å². The van der Waals surface area contributed by atoms with Crippen LogP contribution in [-0.2, 0) is 24.3 Å². The van der Waals surface area contributed by atoms with Gasteiger partial charge in [0.25, 0.3) is 0 Å². The Balaban J connectivity index is 1.43. The third-order valence-corrected chi connectivity index (χ3v) is 5.74. The number of fused-ring (bicyclic) bond motifs is 1. The van der Waals surface area contributed by atoms with Crippen LogP contribution in [0.1, 0.15) is 19.3 Å². The first-order valence-corrected chi connectivity index (χ1v) is 10.3. The van der Waals surface area contributed by atoms with Crippen molar-refractivity contribution in [2.75, 3.05) is 19.7 Å². The van der Waals surface area contributed by atoms with Crippen LogP contribution in [0, 0.1) is 5.92 Å². The number of carbonyl (C=O) groups is 2. The first kappa shape index (κ1) is 19.3. The van der Waals surface area contributed by atoms with Crippen LogP contribution in [-0.4, -0.2) is 40.0 Å². The fourth-order valence-electron chi connectivity index (χ4n) is 2.52. The van der Waals surface area contributed by atoms with Crippen molar-refractivity contribution >= 4 is 32.7 Å². The zero-order chi connectivity index (χ0) is 19.3. The van der Waals surface area contributed by atoms with Crippen molar-refractivity contribution in [3.05, 3.63) is 42.5 Å². The molecule has 1 aliphatic carbocycles. The molecule has 3 rings (SSSR count). The normalized spacial score (nSPS) is 14.1. The molecule has 2 aromatic rings. The molecule has 0 atom stereocenters. The van der Waals surface area contributed by atoms with E-state index in [1.807, 2.05) is 24.3 Å². The Labute approximate surface area is 158 Å². The van der Waals surface area contributed by atoms with Crippen LogP contribution in [0.4, 0.5) is 0 Å². The summed E-state index contributed by atoms with van der Waals surface area (Å²) >= 11 is 0. The monoisotopic (exact) mass is 390 g/mol. The van der Waals surface area contributed by atoms with E-state index in [-0.39, 0.29) is 24.4 Å². The van der Waals surface area contributed by atoms with Crippen molar-refractivity contribution in [1.29, 1.82) is 0 Å². The fraction of sp³-hybridized carbons (Fsp3) is 0.368. The number of sulfonamides is 1. The summed E-state index contributed by atoms with van der Waals surface area (Å²) in [6.07, 6.45) is 2.09. The van der Waals surface area contributed by atoms with Crippen molar-refractivity contribution in [2.24, 2.45) is 5.92 Å². The van der Waals surface area contributed by atoms with E-state index in [1.165, 1.54) is 6.07 Å². The number of carbonyl (C=O) groups excluding carboxylic acids is 2. The summed E-state index contributed by atoms with van der Waals surface area (Å²) in [5, 5.41) is 4.20. The maximum absolute atomic E-state index is 12.4. The van der Waals surface area contributed by atoms with Gasteiger partial charge in [-0.15, -0.1) is 0 Å². The minimum absolute atomic E-state index is 0.0574. The topological polar surface area (TPSA) is 102 Å². The molecule has 0 aliphatic heterocycles. The van der Waals surface area contributed by atoms with Gasteiger partial charge in [0.05, 0.1) is 11.5 Å². The Kier molecular flexibility index (Phi) is 6.08. The van der Waals surface area contributed by atoms with Crippen LogP contribution < -0.4 is 10.0 Å². The van der Waals surface area contributed by atoms with Gasteiger partial charge in [0.15, 0.2) is 0 Å². The standard InChI is InChI=1S/C19H22N2O5S/c22-18(20-12-19(23)26-13-14-5-6-14)9-10-21-27(24,25)17-8-7-15-3-1-2-4-16(15)11-17/h1-4,7-8,11,14,21H,5-6,9-10,12-13H2,(H,20,22). The smallest absolute Gasteiger partial charge is 0.325 e. The molecule has 0 radical (unpaired) electrons.